The Labute approximate surface area is 206 Å². The molecule has 0 bridgehead atoms. The average molecular weight is 496 g/mol. The van der Waals surface area contributed by atoms with Gasteiger partial charge in [-0.3, -0.25) is 9.59 Å². The third kappa shape index (κ3) is 4.43. The maximum absolute atomic E-state index is 13.9. The molecule has 0 radical (unpaired) electrons. The zero-order valence-electron chi connectivity index (χ0n) is 20.1. The molecule has 1 unspecified atom stereocenters. The molecule has 1 N–H and O–H groups in total. The first-order chi connectivity index (χ1) is 17.3. The van der Waals surface area contributed by atoms with Crippen molar-refractivity contribution in [1.82, 2.24) is 19.9 Å². The van der Waals surface area contributed by atoms with E-state index in [4.69, 9.17) is 4.74 Å². The van der Waals surface area contributed by atoms with Crippen LogP contribution in [0.25, 0.3) is 11.1 Å². The number of hydrogen-bond donors (Lipinski definition) is 1. The molecule has 3 heterocycles. The van der Waals surface area contributed by atoms with E-state index in [1.807, 2.05) is 24.1 Å². The number of amides is 1. The first-order valence-corrected chi connectivity index (χ1v) is 11.9. The molecule has 3 aromatic rings. The van der Waals surface area contributed by atoms with E-state index in [1.165, 1.54) is 25.6 Å². The minimum Gasteiger partial charge on any atom is -0.469 e. The molecule has 1 amide bonds. The van der Waals surface area contributed by atoms with Gasteiger partial charge < -0.3 is 15.0 Å². The van der Waals surface area contributed by atoms with Gasteiger partial charge in [-0.25, -0.2) is 18.3 Å². The molecule has 10 heteroatoms. The van der Waals surface area contributed by atoms with Gasteiger partial charge in [0.2, 0.25) is 5.91 Å². The predicted octanol–water partition coefficient (Wildman–Crippen LogP) is 3.51. The van der Waals surface area contributed by atoms with Crippen molar-refractivity contribution in [1.29, 1.82) is 0 Å². The van der Waals surface area contributed by atoms with Crippen LogP contribution in [0, 0.1) is 23.0 Å². The highest BCUT2D eigenvalue weighted by atomic mass is 19.1. The van der Waals surface area contributed by atoms with Gasteiger partial charge in [0.25, 0.3) is 0 Å². The Morgan fingerprint density at radius 2 is 2.06 bits per heavy atom. The second-order valence-corrected chi connectivity index (χ2v) is 9.70. The van der Waals surface area contributed by atoms with Gasteiger partial charge in [0.1, 0.15) is 23.5 Å². The smallest absolute Gasteiger partial charge is 0.308 e. The van der Waals surface area contributed by atoms with Crippen molar-refractivity contribution in [3.63, 3.8) is 0 Å². The number of fused-ring (bicyclic) bond motifs is 1. The number of carbonyl (C=O) groups excluding carboxylic acids is 2. The van der Waals surface area contributed by atoms with Crippen LogP contribution in [0.3, 0.4) is 0 Å². The summed E-state index contributed by atoms with van der Waals surface area (Å²) in [4.78, 5) is 31.1. The van der Waals surface area contributed by atoms with E-state index >= 15 is 0 Å². The number of nitrogens with zero attached hydrogens (tertiary/aromatic N) is 4. The maximum Gasteiger partial charge on any atom is 0.308 e. The lowest BCUT2D eigenvalue weighted by atomic mass is 9.81. The van der Waals surface area contributed by atoms with E-state index in [0.717, 1.165) is 41.4 Å². The summed E-state index contributed by atoms with van der Waals surface area (Å²) in [6, 6.07) is 5.35. The Morgan fingerprint density at radius 1 is 1.25 bits per heavy atom. The summed E-state index contributed by atoms with van der Waals surface area (Å²) in [5.74, 6) is -1.08. The molecular formula is C26H27F2N5O3. The number of esters is 1. The van der Waals surface area contributed by atoms with E-state index in [9.17, 15) is 18.4 Å². The van der Waals surface area contributed by atoms with Gasteiger partial charge in [-0.2, -0.15) is 5.10 Å². The van der Waals surface area contributed by atoms with Gasteiger partial charge >= 0.3 is 5.97 Å². The first-order valence-electron chi connectivity index (χ1n) is 11.9. The number of methoxy groups -OCH3 is 1. The fourth-order valence-corrected chi connectivity index (χ4v) is 4.96. The fourth-order valence-electron chi connectivity index (χ4n) is 4.96. The molecule has 0 spiro atoms. The largest absolute Gasteiger partial charge is 0.469 e. The Morgan fingerprint density at radius 3 is 2.75 bits per heavy atom. The Hall–Kier alpha value is -3.82. The number of anilines is 1. The Bertz CT molecular complexity index is 1360. The lowest BCUT2D eigenvalue weighted by Crippen LogP contribution is -2.62. The molecule has 2 aliphatic rings. The Kier molecular flexibility index (Phi) is 6.19. The number of nitrogens with one attached hydrogen (secondary N) is 1. The lowest BCUT2D eigenvalue weighted by molar-refractivity contribution is -0.145. The highest BCUT2D eigenvalue weighted by Crippen LogP contribution is 2.37. The molecule has 1 aromatic carbocycles. The van der Waals surface area contributed by atoms with Crippen molar-refractivity contribution >= 4 is 28.8 Å². The summed E-state index contributed by atoms with van der Waals surface area (Å²) in [6.45, 7) is 2.74. The van der Waals surface area contributed by atoms with Crippen molar-refractivity contribution in [3.05, 3.63) is 65.6 Å². The number of benzene rings is 1. The average Bonchev–Trinajstić information content (AvgIpc) is 3.30. The summed E-state index contributed by atoms with van der Waals surface area (Å²) >= 11 is 0. The molecule has 1 aliphatic carbocycles. The molecular weight excluding hydrogens is 468 g/mol. The van der Waals surface area contributed by atoms with Crippen LogP contribution in [-0.4, -0.2) is 46.7 Å². The summed E-state index contributed by atoms with van der Waals surface area (Å²) < 4.78 is 33.6. The SMILES string of the molecule is COC(=O)C1CC=C(c2cc3c(N4CC(C)(C(=O)NCc5ccc(F)cc5F)C4)ncnn3c2)CC1. The van der Waals surface area contributed by atoms with E-state index in [1.54, 1.807) is 4.52 Å². The number of aromatic nitrogens is 3. The number of rotatable bonds is 6. The van der Waals surface area contributed by atoms with E-state index in [2.05, 4.69) is 21.5 Å². The van der Waals surface area contributed by atoms with Crippen LogP contribution in [0.5, 0.6) is 0 Å². The highest BCUT2D eigenvalue weighted by molar-refractivity contribution is 5.87. The van der Waals surface area contributed by atoms with Gasteiger partial charge in [-0.15, -0.1) is 0 Å². The van der Waals surface area contributed by atoms with Crippen LogP contribution in [0.4, 0.5) is 14.6 Å². The number of halogens is 2. The second-order valence-electron chi connectivity index (χ2n) is 9.70. The van der Waals surface area contributed by atoms with Gasteiger partial charge in [0.15, 0.2) is 5.82 Å². The topological polar surface area (TPSA) is 88.8 Å². The van der Waals surface area contributed by atoms with Crippen LogP contribution in [0.1, 0.15) is 37.3 Å². The zero-order chi connectivity index (χ0) is 25.4. The highest BCUT2D eigenvalue weighted by Gasteiger charge is 2.46. The zero-order valence-corrected chi connectivity index (χ0v) is 20.1. The van der Waals surface area contributed by atoms with Crippen molar-refractivity contribution < 1.29 is 23.1 Å². The maximum atomic E-state index is 13.9. The fraction of sp³-hybridized carbons (Fsp3) is 0.385. The Balaban J connectivity index is 1.26. The quantitative estimate of drug-likeness (QED) is 0.527. The molecule has 188 valence electrons. The van der Waals surface area contributed by atoms with Gasteiger partial charge in [-0.1, -0.05) is 12.1 Å². The summed E-state index contributed by atoms with van der Waals surface area (Å²) in [7, 11) is 1.41. The second kappa shape index (κ2) is 9.33. The number of hydrogen-bond acceptors (Lipinski definition) is 6. The van der Waals surface area contributed by atoms with Crippen molar-refractivity contribution in [3.8, 4) is 0 Å². The van der Waals surface area contributed by atoms with Crippen molar-refractivity contribution in [2.24, 2.45) is 11.3 Å². The molecule has 1 aliphatic heterocycles. The minimum atomic E-state index is -0.683. The van der Waals surface area contributed by atoms with Crippen LogP contribution in [0.15, 0.2) is 42.9 Å². The molecule has 0 saturated carbocycles. The molecule has 1 atom stereocenters. The van der Waals surface area contributed by atoms with E-state index < -0.39 is 17.0 Å². The lowest BCUT2D eigenvalue weighted by Gasteiger charge is -2.47. The van der Waals surface area contributed by atoms with Crippen molar-refractivity contribution in [2.45, 2.75) is 32.7 Å². The first kappa shape index (κ1) is 23.9. The molecule has 36 heavy (non-hydrogen) atoms. The van der Waals surface area contributed by atoms with Gasteiger partial charge in [0.05, 0.1) is 18.4 Å². The van der Waals surface area contributed by atoms with Crippen LogP contribution in [-0.2, 0) is 20.9 Å². The monoisotopic (exact) mass is 495 g/mol. The third-order valence-electron chi connectivity index (χ3n) is 7.08. The molecule has 1 saturated heterocycles. The standard InChI is InChI=1S/C26H27F2N5O3/c1-26(25(35)29-11-18-7-8-20(27)10-21(18)28)13-32(14-26)23-22-9-19(12-33(22)31-15-30-23)16-3-5-17(6-4-16)24(34)36-2/h3,7-10,12,15,17H,4-6,11,13-14H2,1-2H3,(H,29,35). The van der Waals surface area contributed by atoms with Gasteiger partial charge in [0, 0.05) is 37.5 Å². The van der Waals surface area contributed by atoms with E-state index in [0.29, 0.717) is 19.5 Å². The minimum absolute atomic E-state index is 0.00764. The van der Waals surface area contributed by atoms with Crippen molar-refractivity contribution in [2.75, 3.05) is 25.1 Å². The van der Waals surface area contributed by atoms with Crippen LogP contribution in [0.2, 0.25) is 0 Å². The summed E-state index contributed by atoms with van der Waals surface area (Å²) in [5.41, 5.74) is 2.59. The van der Waals surface area contributed by atoms with Gasteiger partial charge in [-0.05, 0) is 49.5 Å². The summed E-state index contributed by atoms with van der Waals surface area (Å²) in [6.07, 6.45) is 7.69. The molecule has 5 rings (SSSR count). The molecule has 2 aromatic heterocycles. The van der Waals surface area contributed by atoms with Crippen LogP contribution >= 0.6 is 0 Å². The number of ether oxygens (including phenoxy) is 1. The number of allylic oxidation sites excluding steroid dienone is 2. The van der Waals surface area contributed by atoms with E-state index in [-0.39, 0.29) is 29.9 Å². The van der Waals surface area contributed by atoms with Crippen LogP contribution < -0.4 is 10.2 Å². The summed E-state index contributed by atoms with van der Waals surface area (Å²) in [5, 5.41) is 7.11. The normalized spacial score (nSPS) is 18.9. The third-order valence-corrected chi connectivity index (χ3v) is 7.08. The predicted molar refractivity (Wildman–Crippen MR) is 129 cm³/mol. The molecule has 8 nitrogen and oxygen atoms in total. The molecule has 1 fully saturated rings. The number of carbonyl (C=O) groups is 2.